The predicted octanol–water partition coefficient (Wildman–Crippen LogP) is 7.80. The van der Waals surface area contributed by atoms with Crippen molar-refractivity contribution in [1.29, 1.82) is 0 Å². The van der Waals surface area contributed by atoms with Crippen LogP contribution in [0, 0.1) is 0 Å². The van der Waals surface area contributed by atoms with E-state index in [-0.39, 0.29) is 11.0 Å². The first-order chi connectivity index (χ1) is 13.5. The van der Waals surface area contributed by atoms with Crippen LogP contribution in [-0.4, -0.2) is 18.3 Å². The van der Waals surface area contributed by atoms with E-state index in [1.54, 1.807) is 0 Å². The van der Waals surface area contributed by atoms with Gasteiger partial charge in [0.25, 0.3) is 0 Å². The fourth-order valence-corrected chi connectivity index (χ4v) is 4.24. The molecular weight excluding hydrogens is 376 g/mol. The van der Waals surface area contributed by atoms with Gasteiger partial charge in [-0.2, -0.15) is 0 Å². The minimum absolute atomic E-state index is 0.0131. The van der Waals surface area contributed by atoms with Gasteiger partial charge in [-0.05, 0) is 68.0 Å². The van der Waals surface area contributed by atoms with Crippen molar-refractivity contribution in [2.75, 3.05) is 11.4 Å². The van der Waals surface area contributed by atoms with Crippen molar-refractivity contribution in [1.82, 2.24) is 0 Å². The summed E-state index contributed by atoms with van der Waals surface area (Å²) in [7, 11) is 0. The van der Waals surface area contributed by atoms with E-state index in [9.17, 15) is 0 Å². The Hall–Kier alpha value is -2.06. The van der Waals surface area contributed by atoms with E-state index >= 15 is 0 Å². The van der Waals surface area contributed by atoms with E-state index < -0.39 is 0 Å². The zero-order valence-corrected chi connectivity index (χ0v) is 19.6. The van der Waals surface area contributed by atoms with Crippen molar-refractivity contribution < 1.29 is 0 Å². The van der Waals surface area contributed by atoms with Crippen LogP contribution in [-0.2, 0) is 5.41 Å². The standard InChI is InChI=1S/C26H33ClN2/c1-8-13-29-24-15-23(27)19(14-22(24)18(2)16-26(29,6)7)17-28-21-11-9-20(10-12-21)25(3,4)5/h9-12,14-17H,8,13H2,1-7H3. The summed E-state index contributed by atoms with van der Waals surface area (Å²) < 4.78 is 0. The van der Waals surface area contributed by atoms with Gasteiger partial charge in [-0.15, -0.1) is 0 Å². The molecule has 0 aromatic heterocycles. The summed E-state index contributed by atoms with van der Waals surface area (Å²) in [5.74, 6) is 0. The number of nitrogens with zero attached hydrogens (tertiary/aromatic N) is 2. The number of aliphatic imine (C=N–C) groups is 1. The van der Waals surface area contributed by atoms with E-state index in [4.69, 9.17) is 11.6 Å². The SMILES string of the molecule is CCCN1c2cc(Cl)c(C=Nc3ccc(C(C)(C)C)cc3)cc2C(C)=CC1(C)C. The summed E-state index contributed by atoms with van der Waals surface area (Å²) in [6.45, 7) is 16.6. The van der Waals surface area contributed by atoms with Gasteiger partial charge in [0, 0.05) is 29.6 Å². The van der Waals surface area contributed by atoms with Crippen molar-refractivity contribution >= 4 is 34.8 Å². The van der Waals surface area contributed by atoms with Crippen LogP contribution in [0.15, 0.2) is 47.5 Å². The second-order valence-corrected chi connectivity index (χ2v) is 9.99. The molecule has 1 heterocycles. The molecule has 0 N–H and O–H groups in total. The molecule has 1 aliphatic rings. The summed E-state index contributed by atoms with van der Waals surface area (Å²) in [5, 5.41) is 0.741. The third-order valence-corrected chi connectivity index (χ3v) is 5.96. The lowest BCUT2D eigenvalue weighted by Gasteiger charge is -2.43. The minimum atomic E-state index is -0.0131. The molecule has 0 saturated carbocycles. The monoisotopic (exact) mass is 408 g/mol. The number of benzene rings is 2. The molecule has 0 unspecified atom stereocenters. The molecule has 0 radical (unpaired) electrons. The lowest BCUT2D eigenvalue weighted by atomic mass is 9.87. The largest absolute Gasteiger partial charge is 0.362 e. The summed E-state index contributed by atoms with van der Waals surface area (Å²) in [6.07, 6.45) is 5.33. The molecule has 1 aliphatic heterocycles. The maximum Gasteiger partial charge on any atom is 0.0630 e. The van der Waals surface area contributed by atoms with Crippen molar-refractivity contribution in [3.05, 3.63) is 64.2 Å². The minimum Gasteiger partial charge on any atom is -0.362 e. The Morgan fingerprint density at radius 2 is 1.76 bits per heavy atom. The van der Waals surface area contributed by atoms with Crippen molar-refractivity contribution in [3.8, 4) is 0 Å². The van der Waals surface area contributed by atoms with Crippen LogP contribution in [0.3, 0.4) is 0 Å². The molecule has 154 valence electrons. The number of rotatable bonds is 4. The topological polar surface area (TPSA) is 15.6 Å². The first-order valence-electron chi connectivity index (χ1n) is 10.5. The second kappa shape index (κ2) is 7.99. The highest BCUT2D eigenvalue weighted by molar-refractivity contribution is 6.33. The first-order valence-corrected chi connectivity index (χ1v) is 10.9. The highest BCUT2D eigenvalue weighted by atomic mass is 35.5. The molecule has 0 bridgehead atoms. The van der Waals surface area contributed by atoms with Gasteiger partial charge in [0.15, 0.2) is 0 Å². The fourth-order valence-electron chi connectivity index (χ4n) is 4.04. The Kier molecular flexibility index (Phi) is 5.96. The van der Waals surface area contributed by atoms with Crippen LogP contribution in [0.1, 0.15) is 71.6 Å². The van der Waals surface area contributed by atoms with Crippen molar-refractivity contribution in [2.45, 2.75) is 65.8 Å². The average Bonchev–Trinajstić information content (AvgIpc) is 2.63. The van der Waals surface area contributed by atoms with E-state index in [2.05, 4.69) is 101 Å². The molecule has 3 heteroatoms. The fraction of sp³-hybridized carbons (Fsp3) is 0.423. The smallest absolute Gasteiger partial charge is 0.0630 e. The van der Waals surface area contributed by atoms with Crippen LogP contribution in [0.25, 0.3) is 5.57 Å². The molecular formula is C26H33ClN2. The number of halogens is 1. The van der Waals surface area contributed by atoms with Gasteiger partial charge in [-0.3, -0.25) is 4.99 Å². The van der Waals surface area contributed by atoms with Gasteiger partial charge in [0.05, 0.1) is 16.2 Å². The van der Waals surface area contributed by atoms with Crippen LogP contribution < -0.4 is 4.90 Å². The molecule has 0 saturated heterocycles. The zero-order valence-electron chi connectivity index (χ0n) is 18.8. The van der Waals surface area contributed by atoms with E-state index in [0.29, 0.717) is 0 Å². The summed E-state index contributed by atoms with van der Waals surface area (Å²) in [5.41, 5.74) is 7.08. The van der Waals surface area contributed by atoms with E-state index in [0.717, 1.165) is 29.2 Å². The highest BCUT2D eigenvalue weighted by Crippen LogP contribution is 2.41. The average molecular weight is 409 g/mol. The second-order valence-electron chi connectivity index (χ2n) is 9.58. The van der Waals surface area contributed by atoms with Crippen LogP contribution in [0.2, 0.25) is 5.02 Å². The van der Waals surface area contributed by atoms with Gasteiger partial charge < -0.3 is 4.90 Å². The van der Waals surface area contributed by atoms with Gasteiger partial charge in [0.2, 0.25) is 0 Å². The molecule has 29 heavy (non-hydrogen) atoms. The maximum absolute atomic E-state index is 6.68. The number of anilines is 1. The number of fused-ring (bicyclic) bond motifs is 1. The number of hydrogen-bond acceptors (Lipinski definition) is 2. The van der Waals surface area contributed by atoms with Crippen molar-refractivity contribution in [2.24, 2.45) is 4.99 Å². The molecule has 0 spiro atoms. The Bertz CT molecular complexity index is 944. The normalized spacial score (nSPS) is 16.1. The number of allylic oxidation sites excluding steroid dienone is 1. The lowest BCUT2D eigenvalue weighted by Crippen LogP contribution is -2.45. The third kappa shape index (κ3) is 4.59. The molecule has 2 aromatic rings. The summed E-state index contributed by atoms with van der Waals surface area (Å²) >= 11 is 6.68. The summed E-state index contributed by atoms with van der Waals surface area (Å²) in [4.78, 5) is 7.13. The molecule has 0 fully saturated rings. The first kappa shape index (κ1) is 21.6. The van der Waals surface area contributed by atoms with E-state index in [1.165, 1.54) is 22.4 Å². The number of hydrogen-bond donors (Lipinski definition) is 0. The lowest BCUT2D eigenvalue weighted by molar-refractivity contribution is 0.550. The highest BCUT2D eigenvalue weighted by Gasteiger charge is 2.31. The van der Waals surface area contributed by atoms with Crippen LogP contribution in [0.4, 0.5) is 11.4 Å². The van der Waals surface area contributed by atoms with Crippen LogP contribution in [0.5, 0.6) is 0 Å². The van der Waals surface area contributed by atoms with Gasteiger partial charge in [-0.25, -0.2) is 0 Å². The van der Waals surface area contributed by atoms with Crippen LogP contribution >= 0.6 is 11.6 Å². The van der Waals surface area contributed by atoms with Gasteiger partial charge in [0.1, 0.15) is 0 Å². The Morgan fingerprint density at radius 3 is 2.34 bits per heavy atom. The quantitative estimate of drug-likeness (QED) is 0.471. The molecule has 2 aromatic carbocycles. The molecule has 2 nitrogen and oxygen atoms in total. The van der Waals surface area contributed by atoms with Gasteiger partial charge >= 0.3 is 0 Å². The molecule has 0 atom stereocenters. The molecule has 3 rings (SSSR count). The summed E-state index contributed by atoms with van der Waals surface area (Å²) in [6, 6.07) is 12.7. The Balaban J connectivity index is 1.95. The van der Waals surface area contributed by atoms with Crippen molar-refractivity contribution in [3.63, 3.8) is 0 Å². The molecule has 0 amide bonds. The van der Waals surface area contributed by atoms with Gasteiger partial charge in [-0.1, -0.05) is 57.5 Å². The third-order valence-electron chi connectivity index (χ3n) is 5.63. The van der Waals surface area contributed by atoms with E-state index in [1.807, 2.05) is 6.21 Å². The Morgan fingerprint density at radius 1 is 1.10 bits per heavy atom. The zero-order chi connectivity index (χ0) is 21.4. The Labute approximate surface area is 181 Å². The maximum atomic E-state index is 6.68. The molecule has 0 aliphatic carbocycles. The predicted molar refractivity (Wildman–Crippen MR) is 129 cm³/mol.